The van der Waals surface area contributed by atoms with E-state index in [2.05, 4.69) is 258 Å². The zero-order valence-corrected chi connectivity index (χ0v) is 40.8. The van der Waals surface area contributed by atoms with Crippen molar-refractivity contribution in [2.75, 3.05) is 0 Å². The van der Waals surface area contributed by atoms with Crippen LogP contribution < -0.4 is 0 Å². The summed E-state index contributed by atoms with van der Waals surface area (Å²) in [6.07, 6.45) is 4.14. The van der Waals surface area contributed by atoms with E-state index in [1.807, 2.05) is 0 Å². The van der Waals surface area contributed by atoms with Gasteiger partial charge in [0.2, 0.25) is 0 Å². The van der Waals surface area contributed by atoms with Gasteiger partial charge in [0.1, 0.15) is 0 Å². The third kappa shape index (κ3) is 7.11. The van der Waals surface area contributed by atoms with E-state index in [0.717, 1.165) is 25.7 Å². The smallest absolute Gasteiger partial charge is 0.0210 e. The van der Waals surface area contributed by atoms with Crippen LogP contribution in [0.1, 0.15) is 75.6 Å². The molecule has 0 aliphatic heterocycles. The Morgan fingerprint density at radius 2 is 0.400 bits per heavy atom. The Bertz CT molecular complexity index is 3200. The molecule has 70 heavy (non-hydrogen) atoms. The van der Waals surface area contributed by atoms with Gasteiger partial charge >= 0.3 is 0 Å². The largest absolute Gasteiger partial charge is 0.0642 e. The summed E-state index contributed by atoms with van der Waals surface area (Å²) in [4.78, 5) is 0. The van der Waals surface area contributed by atoms with Crippen molar-refractivity contribution in [3.8, 4) is 100 Å². The Labute approximate surface area is 415 Å². The first-order chi connectivity index (χ1) is 34.4. The van der Waals surface area contributed by atoms with Crippen LogP contribution in [-0.2, 0) is 10.8 Å². The van der Waals surface area contributed by atoms with Crippen molar-refractivity contribution in [3.05, 3.63) is 253 Å². The molecule has 0 fully saturated rings. The van der Waals surface area contributed by atoms with Gasteiger partial charge in [-0.3, -0.25) is 0 Å². The maximum atomic E-state index is 2.55. The van der Waals surface area contributed by atoms with Gasteiger partial charge in [-0.25, -0.2) is 0 Å². The molecule has 10 aromatic carbocycles. The van der Waals surface area contributed by atoms with E-state index in [1.54, 1.807) is 0 Å². The van der Waals surface area contributed by atoms with Gasteiger partial charge in [0.15, 0.2) is 0 Å². The highest BCUT2D eigenvalue weighted by atomic mass is 14.5. The Morgan fingerprint density at radius 3 is 0.614 bits per heavy atom. The highest BCUT2D eigenvalue weighted by molar-refractivity contribution is 5.91. The fourth-order valence-corrected chi connectivity index (χ4v) is 12.5. The van der Waals surface area contributed by atoms with E-state index in [4.69, 9.17) is 0 Å². The van der Waals surface area contributed by atoms with Crippen LogP contribution in [-0.4, -0.2) is 0 Å². The van der Waals surface area contributed by atoms with Gasteiger partial charge in [-0.2, -0.15) is 0 Å². The van der Waals surface area contributed by atoms with Gasteiger partial charge < -0.3 is 0 Å². The maximum Gasteiger partial charge on any atom is 0.0210 e. The molecule has 0 heterocycles. The second kappa shape index (κ2) is 17.6. The van der Waals surface area contributed by atoms with Crippen LogP contribution in [0.25, 0.3) is 100 Å². The van der Waals surface area contributed by atoms with Gasteiger partial charge in [-0.15, -0.1) is 0 Å². The minimum Gasteiger partial charge on any atom is -0.0642 e. The van der Waals surface area contributed by atoms with Crippen LogP contribution in [0.4, 0.5) is 0 Å². The van der Waals surface area contributed by atoms with E-state index in [-0.39, 0.29) is 10.8 Å². The van der Waals surface area contributed by atoms with Crippen molar-refractivity contribution >= 4 is 0 Å². The molecule has 338 valence electrons. The summed E-state index contributed by atoms with van der Waals surface area (Å²) in [6, 6.07) is 86.8. The summed E-state index contributed by atoms with van der Waals surface area (Å²) in [7, 11) is 0. The molecule has 0 aromatic heterocycles. The van der Waals surface area contributed by atoms with Gasteiger partial charge in [0, 0.05) is 10.8 Å². The molecule has 0 bridgehead atoms. The molecule has 0 heteroatoms. The highest BCUT2D eigenvalue weighted by Crippen LogP contribution is 2.57. The summed E-state index contributed by atoms with van der Waals surface area (Å²) in [5.74, 6) is 0. The van der Waals surface area contributed by atoms with Crippen LogP contribution in [0.15, 0.2) is 231 Å². The van der Waals surface area contributed by atoms with E-state index < -0.39 is 0 Å². The first-order valence-corrected chi connectivity index (χ1v) is 25.6. The Morgan fingerprint density at radius 1 is 0.200 bits per heavy atom. The van der Waals surface area contributed by atoms with Gasteiger partial charge in [0.05, 0.1) is 0 Å². The first-order valence-electron chi connectivity index (χ1n) is 25.6. The monoisotopic (exact) mass is 898 g/mol. The molecule has 0 spiro atoms. The number of rotatable bonds is 11. The minimum atomic E-state index is -0.0891. The number of hydrogen-bond donors (Lipinski definition) is 0. The molecule has 0 N–H and O–H groups in total. The maximum absolute atomic E-state index is 2.55. The van der Waals surface area contributed by atoms with Crippen molar-refractivity contribution in [2.24, 2.45) is 0 Å². The predicted molar refractivity (Wildman–Crippen MR) is 298 cm³/mol. The lowest BCUT2D eigenvalue weighted by molar-refractivity contribution is 0.490. The third-order valence-electron chi connectivity index (χ3n) is 16.4. The van der Waals surface area contributed by atoms with E-state index in [9.17, 15) is 0 Å². The molecule has 0 amide bonds. The van der Waals surface area contributed by atoms with Crippen LogP contribution in [0.2, 0.25) is 0 Å². The number of hydrogen-bond acceptors (Lipinski definition) is 0. The molecule has 0 saturated carbocycles. The van der Waals surface area contributed by atoms with Crippen LogP contribution in [0.3, 0.4) is 0 Å². The third-order valence-corrected chi connectivity index (χ3v) is 16.4. The number of fused-ring (bicyclic) bond motifs is 6. The molecule has 10 aromatic rings. The van der Waals surface area contributed by atoms with Gasteiger partial charge in [0.25, 0.3) is 0 Å². The fraction of sp³-hybridized carbons (Fsp3) is 0.143. The molecule has 12 rings (SSSR count). The lowest BCUT2D eigenvalue weighted by atomic mass is 9.72. The minimum absolute atomic E-state index is 0.0891. The average Bonchev–Trinajstić information content (AvgIpc) is 3.89. The molecular weight excluding hydrogens is 841 g/mol. The summed E-state index contributed by atoms with van der Waals surface area (Å²) in [6.45, 7) is 9.57. The molecule has 2 aliphatic rings. The Balaban J connectivity index is 0.920. The zero-order chi connectivity index (χ0) is 47.4. The van der Waals surface area contributed by atoms with Crippen molar-refractivity contribution < 1.29 is 0 Å². The summed E-state index contributed by atoms with van der Waals surface area (Å²) in [5.41, 5.74) is 28.7. The van der Waals surface area contributed by atoms with Crippen molar-refractivity contribution in [1.29, 1.82) is 0 Å². The molecule has 0 saturated heterocycles. The van der Waals surface area contributed by atoms with Crippen LogP contribution in [0, 0.1) is 0 Å². The van der Waals surface area contributed by atoms with Gasteiger partial charge in [-0.1, -0.05) is 198 Å². The lowest BCUT2D eigenvalue weighted by Gasteiger charge is -2.31. The molecule has 0 unspecified atom stereocenters. The summed E-state index contributed by atoms with van der Waals surface area (Å²) in [5, 5.41) is 0. The van der Waals surface area contributed by atoms with E-state index in [1.165, 1.54) is 122 Å². The summed E-state index contributed by atoms with van der Waals surface area (Å²) < 4.78 is 0. The second-order valence-corrected chi connectivity index (χ2v) is 19.7. The Hall–Kier alpha value is -7.80. The van der Waals surface area contributed by atoms with Crippen molar-refractivity contribution in [3.63, 3.8) is 0 Å². The molecule has 0 radical (unpaired) electrons. The summed E-state index contributed by atoms with van der Waals surface area (Å²) >= 11 is 0. The molecule has 2 aliphatic carbocycles. The predicted octanol–water partition coefficient (Wildman–Crippen LogP) is 19.5. The standard InChI is InChI=1S/C70H58/c1-5-69(6-2)65-43-51(29-33-61(65)63-35-31-53(45-67(63)69)59-39-55(47-21-13-9-14-22-47)37-56(40-59)48-23-15-10-16-24-48)52-30-34-62-64-36-32-54(46-68(64)70(7-3,8-4)66(62)44-52)60-41-57(49-25-17-11-18-26-49)38-58(42-60)50-27-19-12-20-28-50/h9-46H,5-8H2,1-4H3. The van der Waals surface area contributed by atoms with E-state index >= 15 is 0 Å². The fourth-order valence-electron chi connectivity index (χ4n) is 12.5. The zero-order valence-electron chi connectivity index (χ0n) is 40.8. The van der Waals surface area contributed by atoms with Gasteiger partial charge in [-0.05, 0) is 209 Å². The Kier molecular flexibility index (Phi) is 10.9. The first kappa shape index (κ1) is 43.5. The molecule has 0 nitrogen and oxygen atoms in total. The molecular formula is C70H58. The number of benzene rings is 10. The average molecular weight is 899 g/mol. The molecule has 0 atom stereocenters. The SMILES string of the molecule is CCC1(CC)c2cc(-c3cc(-c4ccccc4)cc(-c4ccccc4)c3)ccc2-c2ccc(-c3ccc4c(c3)C(CC)(CC)c3cc(-c5cc(-c6ccccc6)cc(-c6ccccc6)c5)ccc3-4)cc21. The second-order valence-electron chi connectivity index (χ2n) is 19.7. The normalized spacial score (nSPS) is 13.6. The van der Waals surface area contributed by atoms with E-state index in [0.29, 0.717) is 0 Å². The highest BCUT2D eigenvalue weighted by Gasteiger charge is 2.43. The lowest BCUT2D eigenvalue weighted by Crippen LogP contribution is -2.23. The van der Waals surface area contributed by atoms with Crippen molar-refractivity contribution in [1.82, 2.24) is 0 Å². The van der Waals surface area contributed by atoms with Crippen molar-refractivity contribution in [2.45, 2.75) is 64.2 Å². The van der Waals surface area contributed by atoms with Crippen LogP contribution >= 0.6 is 0 Å². The van der Waals surface area contributed by atoms with Crippen LogP contribution in [0.5, 0.6) is 0 Å². The quantitative estimate of drug-likeness (QED) is 0.121. The topological polar surface area (TPSA) is 0 Å².